The molecule has 1 atom stereocenters. The molecule has 8 heteroatoms. The van der Waals surface area contributed by atoms with Crippen LogP contribution in [0.2, 0.25) is 5.02 Å². The molecule has 2 aliphatic rings. The van der Waals surface area contributed by atoms with Gasteiger partial charge in [0.2, 0.25) is 0 Å². The second-order valence-electron chi connectivity index (χ2n) is 9.43. The van der Waals surface area contributed by atoms with E-state index in [0.29, 0.717) is 47.1 Å². The molecule has 0 fully saturated rings. The van der Waals surface area contributed by atoms with Crippen LogP contribution in [-0.4, -0.2) is 23.3 Å². The standard InChI is InChI=1S/C27H27ClN4O3/c1-4-35-19-11-7-16(8-12-19)23-20(15-29)25(30)32(21-13-27(2,3)14-22(33)24(21)23)31-26(34)17-5-9-18(28)10-6-17/h5-12,23H,4,13-14,30H2,1-3H3,(H,31,34). The van der Waals surface area contributed by atoms with Crippen LogP contribution < -0.4 is 15.9 Å². The van der Waals surface area contributed by atoms with Crippen LogP contribution in [0.1, 0.15) is 55.5 Å². The molecule has 3 N–H and O–H groups in total. The predicted molar refractivity (Wildman–Crippen MR) is 133 cm³/mol. The molecule has 0 spiro atoms. The summed E-state index contributed by atoms with van der Waals surface area (Å²) in [5.41, 5.74) is 11.4. The molecule has 2 aromatic rings. The lowest BCUT2D eigenvalue weighted by atomic mass is 9.69. The summed E-state index contributed by atoms with van der Waals surface area (Å²) in [6.07, 6.45) is 0.832. The first kappa shape index (κ1) is 24.4. The van der Waals surface area contributed by atoms with Gasteiger partial charge in [-0.05, 0) is 60.7 Å². The van der Waals surface area contributed by atoms with Gasteiger partial charge in [-0.3, -0.25) is 15.0 Å². The van der Waals surface area contributed by atoms with Crippen molar-refractivity contribution >= 4 is 23.3 Å². The average Bonchev–Trinajstić information content (AvgIpc) is 2.81. The maximum atomic E-state index is 13.5. The summed E-state index contributed by atoms with van der Waals surface area (Å²) in [5, 5.41) is 12.0. The van der Waals surface area contributed by atoms with Crippen molar-refractivity contribution in [3.05, 3.63) is 87.3 Å². The van der Waals surface area contributed by atoms with Crippen LogP contribution in [0.3, 0.4) is 0 Å². The molecule has 0 radical (unpaired) electrons. The second-order valence-corrected chi connectivity index (χ2v) is 9.87. The third-order valence-corrected chi connectivity index (χ3v) is 6.48. The SMILES string of the molecule is CCOc1ccc(C2C(C#N)=C(N)N(NC(=O)c3ccc(Cl)cc3)C3=C2C(=O)CC(C)(C)C3)cc1. The Hall–Kier alpha value is -3.76. The van der Waals surface area contributed by atoms with Crippen LogP contribution in [0.15, 0.2) is 71.2 Å². The van der Waals surface area contributed by atoms with Gasteiger partial charge in [0.25, 0.3) is 5.91 Å². The minimum absolute atomic E-state index is 0.0684. The summed E-state index contributed by atoms with van der Waals surface area (Å²) in [6, 6.07) is 15.9. The summed E-state index contributed by atoms with van der Waals surface area (Å²) < 4.78 is 5.54. The minimum atomic E-state index is -0.627. The number of halogens is 1. The Balaban J connectivity index is 1.81. The van der Waals surface area contributed by atoms with Crippen molar-refractivity contribution in [3.63, 3.8) is 0 Å². The number of ether oxygens (including phenoxy) is 1. The van der Waals surface area contributed by atoms with Gasteiger partial charge in [-0.1, -0.05) is 37.6 Å². The van der Waals surface area contributed by atoms with Crippen LogP contribution in [0.4, 0.5) is 0 Å². The molecular formula is C27H27ClN4O3. The highest BCUT2D eigenvalue weighted by Gasteiger charge is 2.44. The number of Topliss-reactive ketones (excluding diaryl/α,β-unsaturated/α-hetero) is 1. The molecular weight excluding hydrogens is 464 g/mol. The third kappa shape index (κ3) is 4.75. The molecule has 0 bridgehead atoms. The van der Waals surface area contributed by atoms with Crippen molar-refractivity contribution in [2.45, 2.75) is 39.5 Å². The fourth-order valence-electron chi connectivity index (χ4n) is 4.66. The fourth-order valence-corrected chi connectivity index (χ4v) is 4.79. The molecule has 1 heterocycles. The van der Waals surface area contributed by atoms with Crippen molar-refractivity contribution < 1.29 is 14.3 Å². The number of ketones is 1. The molecule has 7 nitrogen and oxygen atoms in total. The van der Waals surface area contributed by atoms with E-state index in [1.54, 1.807) is 24.3 Å². The van der Waals surface area contributed by atoms with Gasteiger partial charge in [0.1, 0.15) is 11.6 Å². The Bertz CT molecular complexity index is 1270. The van der Waals surface area contributed by atoms with E-state index in [9.17, 15) is 14.9 Å². The maximum Gasteiger partial charge on any atom is 0.270 e. The van der Waals surface area contributed by atoms with E-state index in [4.69, 9.17) is 22.1 Å². The van der Waals surface area contributed by atoms with Gasteiger partial charge in [-0.2, -0.15) is 5.26 Å². The number of carbonyl (C=O) groups excluding carboxylic acids is 2. The lowest BCUT2D eigenvalue weighted by molar-refractivity contribution is -0.118. The number of benzene rings is 2. The highest BCUT2D eigenvalue weighted by Crippen LogP contribution is 2.48. The van der Waals surface area contributed by atoms with Gasteiger partial charge in [0, 0.05) is 22.6 Å². The third-order valence-electron chi connectivity index (χ3n) is 6.23. The zero-order valence-electron chi connectivity index (χ0n) is 19.9. The number of nitrogens with zero attached hydrogens (tertiary/aromatic N) is 2. The van der Waals surface area contributed by atoms with E-state index in [-0.39, 0.29) is 22.6 Å². The average molecular weight is 491 g/mol. The molecule has 0 aromatic heterocycles. The molecule has 0 saturated heterocycles. The van der Waals surface area contributed by atoms with E-state index in [1.807, 2.05) is 45.0 Å². The van der Waals surface area contributed by atoms with E-state index >= 15 is 0 Å². The molecule has 0 saturated carbocycles. The Labute approximate surface area is 209 Å². The number of hydrogen-bond acceptors (Lipinski definition) is 6. The van der Waals surface area contributed by atoms with Crippen molar-refractivity contribution in [2.24, 2.45) is 11.1 Å². The number of nitrogens with one attached hydrogen (secondary N) is 1. The Kier molecular flexibility index (Phi) is 6.60. The van der Waals surface area contributed by atoms with Crippen LogP contribution in [0.25, 0.3) is 0 Å². The number of nitrogens with two attached hydrogens (primary N) is 1. The van der Waals surface area contributed by atoms with Gasteiger partial charge in [-0.25, -0.2) is 5.01 Å². The zero-order chi connectivity index (χ0) is 25.3. The van der Waals surface area contributed by atoms with Crippen LogP contribution >= 0.6 is 11.6 Å². The smallest absolute Gasteiger partial charge is 0.270 e. The van der Waals surface area contributed by atoms with Gasteiger partial charge < -0.3 is 10.5 Å². The first-order valence-corrected chi connectivity index (χ1v) is 11.8. The Morgan fingerprint density at radius 3 is 2.46 bits per heavy atom. The fraction of sp³-hybridized carbons (Fsp3) is 0.296. The lowest BCUT2D eigenvalue weighted by Crippen LogP contribution is -2.49. The van der Waals surface area contributed by atoms with Crippen molar-refractivity contribution in [3.8, 4) is 11.8 Å². The van der Waals surface area contributed by atoms with E-state index in [1.165, 1.54) is 5.01 Å². The minimum Gasteiger partial charge on any atom is -0.494 e. The maximum absolute atomic E-state index is 13.5. The number of rotatable bonds is 5. The number of allylic oxidation sites excluding steroid dienone is 3. The summed E-state index contributed by atoms with van der Waals surface area (Å²) in [5.74, 6) is -0.328. The van der Waals surface area contributed by atoms with E-state index < -0.39 is 11.8 Å². The second kappa shape index (κ2) is 9.47. The highest BCUT2D eigenvalue weighted by molar-refractivity contribution is 6.30. The predicted octanol–water partition coefficient (Wildman–Crippen LogP) is 4.82. The summed E-state index contributed by atoms with van der Waals surface area (Å²) >= 11 is 5.95. The van der Waals surface area contributed by atoms with Gasteiger partial charge >= 0.3 is 0 Å². The molecule has 2 aromatic carbocycles. The number of hydrazine groups is 1. The topological polar surface area (TPSA) is 108 Å². The number of amides is 1. The molecule has 4 rings (SSSR count). The molecule has 35 heavy (non-hydrogen) atoms. The number of nitriles is 1. The normalized spacial score (nSPS) is 19.2. The molecule has 1 unspecified atom stereocenters. The largest absolute Gasteiger partial charge is 0.494 e. The number of hydrogen-bond donors (Lipinski definition) is 2. The lowest BCUT2D eigenvalue weighted by Gasteiger charge is -2.43. The van der Waals surface area contributed by atoms with Crippen molar-refractivity contribution in [2.75, 3.05) is 6.61 Å². The van der Waals surface area contributed by atoms with Crippen LogP contribution in [0.5, 0.6) is 5.75 Å². The molecule has 180 valence electrons. The summed E-state index contributed by atoms with van der Waals surface area (Å²) in [7, 11) is 0. The van der Waals surface area contributed by atoms with Crippen LogP contribution in [0, 0.1) is 16.7 Å². The molecule has 1 aliphatic heterocycles. The van der Waals surface area contributed by atoms with E-state index in [2.05, 4.69) is 11.5 Å². The molecule has 1 amide bonds. The van der Waals surface area contributed by atoms with Crippen LogP contribution in [-0.2, 0) is 4.79 Å². The highest BCUT2D eigenvalue weighted by atomic mass is 35.5. The monoisotopic (exact) mass is 490 g/mol. The molecule has 1 aliphatic carbocycles. The zero-order valence-corrected chi connectivity index (χ0v) is 20.6. The summed E-state index contributed by atoms with van der Waals surface area (Å²) in [6.45, 7) is 6.43. The van der Waals surface area contributed by atoms with E-state index in [0.717, 1.165) is 5.56 Å². The van der Waals surface area contributed by atoms with Crippen molar-refractivity contribution in [1.82, 2.24) is 10.4 Å². The van der Waals surface area contributed by atoms with Gasteiger partial charge in [0.05, 0.1) is 29.9 Å². The first-order chi connectivity index (χ1) is 16.6. The first-order valence-electron chi connectivity index (χ1n) is 11.4. The van der Waals surface area contributed by atoms with Crippen molar-refractivity contribution in [1.29, 1.82) is 5.26 Å². The summed E-state index contributed by atoms with van der Waals surface area (Å²) in [4.78, 5) is 26.5. The van der Waals surface area contributed by atoms with Gasteiger partial charge in [0.15, 0.2) is 5.78 Å². The number of carbonyl (C=O) groups is 2. The van der Waals surface area contributed by atoms with Gasteiger partial charge in [-0.15, -0.1) is 0 Å². The quantitative estimate of drug-likeness (QED) is 0.622. The Morgan fingerprint density at radius 2 is 1.86 bits per heavy atom. The Morgan fingerprint density at radius 1 is 1.20 bits per heavy atom.